The summed E-state index contributed by atoms with van der Waals surface area (Å²) in [6.45, 7) is 5.66. The lowest BCUT2D eigenvalue weighted by Gasteiger charge is -2.19. The van der Waals surface area contributed by atoms with E-state index in [0.717, 1.165) is 0 Å². The first-order chi connectivity index (χ1) is 10.7. The summed E-state index contributed by atoms with van der Waals surface area (Å²) in [5, 5.41) is 14.1. The zero-order valence-electron chi connectivity index (χ0n) is 13.6. The van der Waals surface area contributed by atoms with Gasteiger partial charge >= 0.3 is 6.09 Å². The van der Waals surface area contributed by atoms with Crippen molar-refractivity contribution in [2.24, 2.45) is 0 Å². The molecule has 0 saturated heterocycles. The molecule has 124 valence electrons. The van der Waals surface area contributed by atoms with Crippen LogP contribution in [0.25, 0.3) is 0 Å². The summed E-state index contributed by atoms with van der Waals surface area (Å²) in [5.41, 5.74) is 6.42. The summed E-state index contributed by atoms with van der Waals surface area (Å²) in [7, 11) is 0. The molecule has 2 amide bonds. The molecule has 0 atom stereocenters. The standard InChI is InChI=1S/C16H22N4O3/c1-16(2,3)23-15(22)19-8-4-5-14(21)20-13-9-11(10-17)6-7-12(13)18/h6-7,9H,4-5,8,18H2,1-3H3,(H,19,22)(H,20,21). The first-order valence-electron chi connectivity index (χ1n) is 7.27. The van der Waals surface area contributed by atoms with Crippen molar-refractivity contribution in [2.75, 3.05) is 17.6 Å². The zero-order valence-corrected chi connectivity index (χ0v) is 13.6. The maximum absolute atomic E-state index is 11.8. The maximum atomic E-state index is 11.8. The van der Waals surface area contributed by atoms with Crippen molar-refractivity contribution in [3.8, 4) is 6.07 Å². The number of nitrogen functional groups attached to an aromatic ring is 1. The van der Waals surface area contributed by atoms with Crippen LogP contribution in [0.15, 0.2) is 18.2 Å². The van der Waals surface area contributed by atoms with Gasteiger partial charge in [-0.1, -0.05) is 0 Å². The Balaban J connectivity index is 2.36. The molecule has 4 N–H and O–H groups in total. The summed E-state index contributed by atoms with van der Waals surface area (Å²) < 4.78 is 5.08. The average molecular weight is 318 g/mol. The molecule has 0 unspecified atom stereocenters. The third kappa shape index (κ3) is 7.18. The van der Waals surface area contributed by atoms with Gasteiger partial charge in [-0.3, -0.25) is 4.79 Å². The molecule has 1 aromatic carbocycles. The van der Waals surface area contributed by atoms with Crippen molar-refractivity contribution in [1.82, 2.24) is 5.32 Å². The Bertz CT molecular complexity index is 615. The Morgan fingerprint density at radius 2 is 2.04 bits per heavy atom. The summed E-state index contributed by atoms with van der Waals surface area (Å²) in [6, 6.07) is 6.65. The van der Waals surface area contributed by atoms with Crippen molar-refractivity contribution >= 4 is 23.4 Å². The van der Waals surface area contributed by atoms with Crippen LogP contribution in [0.1, 0.15) is 39.2 Å². The number of anilines is 2. The SMILES string of the molecule is CC(C)(C)OC(=O)NCCCC(=O)Nc1cc(C#N)ccc1N. The fourth-order valence-electron chi connectivity index (χ4n) is 1.70. The summed E-state index contributed by atoms with van der Waals surface area (Å²) in [5.74, 6) is -0.238. The Kier molecular flexibility index (Phi) is 6.39. The fraction of sp³-hybridized carbons (Fsp3) is 0.438. The van der Waals surface area contributed by atoms with E-state index in [-0.39, 0.29) is 12.3 Å². The molecule has 1 aromatic rings. The van der Waals surface area contributed by atoms with Gasteiger partial charge in [0.15, 0.2) is 0 Å². The summed E-state index contributed by atoms with van der Waals surface area (Å²) in [6.07, 6.45) is 0.165. The number of nitrogens with zero attached hydrogens (tertiary/aromatic N) is 1. The van der Waals surface area contributed by atoms with Crippen LogP contribution in [0.5, 0.6) is 0 Å². The van der Waals surface area contributed by atoms with Crippen molar-refractivity contribution in [3.63, 3.8) is 0 Å². The fourth-order valence-corrected chi connectivity index (χ4v) is 1.70. The minimum Gasteiger partial charge on any atom is -0.444 e. The highest BCUT2D eigenvalue weighted by Crippen LogP contribution is 2.19. The first-order valence-corrected chi connectivity index (χ1v) is 7.27. The molecule has 1 rings (SSSR count). The number of nitrogens with one attached hydrogen (secondary N) is 2. The Morgan fingerprint density at radius 3 is 2.65 bits per heavy atom. The number of ether oxygens (including phenoxy) is 1. The molecule has 0 bridgehead atoms. The van der Waals surface area contributed by atoms with Gasteiger partial charge < -0.3 is 21.1 Å². The van der Waals surface area contributed by atoms with Crippen LogP contribution in [0.3, 0.4) is 0 Å². The Hall–Kier alpha value is -2.75. The molecule has 0 spiro atoms. The highest BCUT2D eigenvalue weighted by Gasteiger charge is 2.15. The number of carbonyl (C=O) groups is 2. The third-order valence-electron chi connectivity index (χ3n) is 2.71. The first kappa shape index (κ1) is 18.3. The molecule has 7 heteroatoms. The largest absolute Gasteiger partial charge is 0.444 e. The number of hydrogen-bond donors (Lipinski definition) is 3. The molecule has 0 aliphatic heterocycles. The van der Waals surface area contributed by atoms with E-state index < -0.39 is 11.7 Å². The van der Waals surface area contributed by atoms with Crippen molar-refractivity contribution in [1.29, 1.82) is 5.26 Å². The van der Waals surface area contributed by atoms with Crippen molar-refractivity contribution in [3.05, 3.63) is 23.8 Å². The molecular formula is C16H22N4O3. The number of hydrogen-bond acceptors (Lipinski definition) is 5. The molecule has 0 aliphatic rings. The van der Waals surface area contributed by atoms with Gasteiger partial charge in [0.25, 0.3) is 0 Å². The van der Waals surface area contributed by atoms with Gasteiger partial charge in [0.2, 0.25) is 5.91 Å². The minimum absolute atomic E-state index is 0.214. The monoisotopic (exact) mass is 318 g/mol. The number of benzene rings is 1. The molecule has 7 nitrogen and oxygen atoms in total. The molecule has 0 radical (unpaired) electrons. The average Bonchev–Trinajstić information content (AvgIpc) is 2.44. The van der Waals surface area contributed by atoms with Gasteiger partial charge in [0.1, 0.15) is 5.60 Å². The van der Waals surface area contributed by atoms with Gasteiger partial charge in [0.05, 0.1) is 23.0 Å². The molecule has 0 saturated carbocycles. The topological polar surface area (TPSA) is 117 Å². The third-order valence-corrected chi connectivity index (χ3v) is 2.71. The van der Waals surface area contributed by atoms with Crippen molar-refractivity contribution < 1.29 is 14.3 Å². The lowest BCUT2D eigenvalue weighted by atomic mass is 10.2. The molecule has 0 aromatic heterocycles. The van der Waals surface area contributed by atoms with Gasteiger partial charge in [-0.2, -0.15) is 5.26 Å². The van der Waals surface area contributed by atoms with Gasteiger partial charge in [-0.25, -0.2) is 4.79 Å². The highest BCUT2D eigenvalue weighted by atomic mass is 16.6. The van der Waals surface area contributed by atoms with E-state index in [1.54, 1.807) is 32.9 Å². The smallest absolute Gasteiger partial charge is 0.407 e. The van der Waals surface area contributed by atoms with E-state index in [1.807, 2.05) is 6.07 Å². The number of amides is 2. The van der Waals surface area contributed by atoms with E-state index >= 15 is 0 Å². The number of nitriles is 1. The summed E-state index contributed by atoms with van der Waals surface area (Å²) >= 11 is 0. The van der Waals surface area contributed by atoms with E-state index in [4.69, 9.17) is 15.7 Å². The second kappa shape index (κ2) is 8.03. The number of carbonyl (C=O) groups excluding carboxylic acids is 2. The second-order valence-electron chi connectivity index (χ2n) is 5.99. The number of rotatable bonds is 5. The normalized spacial score (nSPS) is 10.5. The molecule has 0 aliphatic carbocycles. The van der Waals surface area contributed by atoms with E-state index in [9.17, 15) is 9.59 Å². The minimum atomic E-state index is -0.551. The number of nitrogens with two attached hydrogens (primary N) is 1. The maximum Gasteiger partial charge on any atom is 0.407 e. The van der Waals surface area contributed by atoms with Crippen LogP contribution in [-0.2, 0) is 9.53 Å². The quantitative estimate of drug-likeness (QED) is 0.569. The Labute approximate surface area is 135 Å². The van der Waals surface area contributed by atoms with Crippen LogP contribution >= 0.6 is 0 Å². The van der Waals surface area contributed by atoms with Gasteiger partial charge in [-0.15, -0.1) is 0 Å². The van der Waals surface area contributed by atoms with Gasteiger partial charge in [-0.05, 0) is 45.4 Å². The highest BCUT2D eigenvalue weighted by molar-refractivity contribution is 5.94. The van der Waals surface area contributed by atoms with E-state index in [1.165, 1.54) is 6.07 Å². The number of alkyl carbamates (subject to hydrolysis) is 1. The van der Waals surface area contributed by atoms with E-state index in [0.29, 0.717) is 29.9 Å². The van der Waals surface area contributed by atoms with Crippen LogP contribution in [0.4, 0.5) is 16.2 Å². The van der Waals surface area contributed by atoms with Crippen LogP contribution in [0, 0.1) is 11.3 Å². The molecular weight excluding hydrogens is 296 g/mol. The predicted molar refractivity (Wildman–Crippen MR) is 87.7 cm³/mol. The predicted octanol–water partition coefficient (Wildman–Crippen LogP) is 2.38. The lowest BCUT2D eigenvalue weighted by molar-refractivity contribution is -0.116. The molecule has 23 heavy (non-hydrogen) atoms. The second-order valence-corrected chi connectivity index (χ2v) is 5.99. The van der Waals surface area contributed by atoms with Crippen LogP contribution < -0.4 is 16.4 Å². The van der Waals surface area contributed by atoms with Crippen molar-refractivity contribution in [2.45, 2.75) is 39.2 Å². The van der Waals surface area contributed by atoms with Crippen LogP contribution in [-0.4, -0.2) is 24.1 Å². The van der Waals surface area contributed by atoms with Gasteiger partial charge in [0, 0.05) is 13.0 Å². The summed E-state index contributed by atoms with van der Waals surface area (Å²) in [4.78, 5) is 23.3. The molecule has 0 fully saturated rings. The van der Waals surface area contributed by atoms with E-state index in [2.05, 4.69) is 10.6 Å². The molecule has 0 heterocycles. The Morgan fingerprint density at radius 1 is 1.35 bits per heavy atom. The zero-order chi connectivity index (χ0) is 17.5. The van der Waals surface area contributed by atoms with Crippen LogP contribution in [0.2, 0.25) is 0 Å². The lowest BCUT2D eigenvalue weighted by Crippen LogP contribution is -2.33.